The van der Waals surface area contributed by atoms with E-state index in [4.69, 9.17) is 14.0 Å². The summed E-state index contributed by atoms with van der Waals surface area (Å²) in [5.74, 6) is 1.63. The third-order valence-electron chi connectivity index (χ3n) is 3.26. The van der Waals surface area contributed by atoms with E-state index in [2.05, 4.69) is 15.5 Å². The Morgan fingerprint density at radius 2 is 2.08 bits per heavy atom. The molecule has 0 spiro atoms. The van der Waals surface area contributed by atoms with Gasteiger partial charge in [-0.05, 0) is 29.6 Å². The van der Waals surface area contributed by atoms with Gasteiger partial charge >= 0.3 is 0 Å². The monoisotopic (exact) mass is 345 g/mol. The van der Waals surface area contributed by atoms with E-state index in [1.54, 1.807) is 25.3 Å². The van der Waals surface area contributed by atoms with Crippen LogP contribution < -0.4 is 14.8 Å². The second kappa shape index (κ2) is 7.14. The Hall–Kier alpha value is -2.87. The lowest BCUT2D eigenvalue weighted by Crippen LogP contribution is -2.23. The quantitative estimate of drug-likeness (QED) is 0.739. The van der Waals surface area contributed by atoms with Crippen molar-refractivity contribution in [2.24, 2.45) is 0 Å². The summed E-state index contributed by atoms with van der Waals surface area (Å²) in [4.78, 5) is 17.4. The molecule has 0 unspecified atom stereocenters. The Bertz CT molecular complexity index is 830. The van der Waals surface area contributed by atoms with E-state index in [1.165, 1.54) is 18.4 Å². The number of hydrogen-bond acceptors (Lipinski definition) is 7. The van der Waals surface area contributed by atoms with E-state index in [-0.39, 0.29) is 12.5 Å². The van der Waals surface area contributed by atoms with Crippen molar-refractivity contribution in [3.8, 4) is 22.2 Å². The maximum Gasteiger partial charge on any atom is 0.251 e. The molecule has 7 nitrogen and oxygen atoms in total. The first-order chi connectivity index (χ1) is 11.7. The molecule has 0 radical (unpaired) electrons. The Labute approximate surface area is 142 Å². The van der Waals surface area contributed by atoms with Crippen molar-refractivity contribution in [1.82, 2.24) is 15.5 Å². The van der Waals surface area contributed by atoms with Crippen molar-refractivity contribution >= 4 is 17.2 Å². The first-order valence-electron chi connectivity index (χ1n) is 7.08. The van der Waals surface area contributed by atoms with Gasteiger partial charge in [-0.15, -0.1) is 11.3 Å². The van der Waals surface area contributed by atoms with Gasteiger partial charge in [-0.1, -0.05) is 11.2 Å². The maximum absolute atomic E-state index is 12.2. The molecule has 0 saturated carbocycles. The Balaban J connectivity index is 1.65. The van der Waals surface area contributed by atoms with Crippen LogP contribution in [0.15, 0.2) is 40.2 Å². The number of aromatic nitrogens is 2. The average Bonchev–Trinajstić information content (AvgIpc) is 3.30. The van der Waals surface area contributed by atoms with Crippen LogP contribution in [0.4, 0.5) is 0 Å². The zero-order valence-corrected chi connectivity index (χ0v) is 13.9. The highest BCUT2D eigenvalue weighted by atomic mass is 32.1. The number of carbonyl (C=O) groups is 1. The predicted molar refractivity (Wildman–Crippen MR) is 88.3 cm³/mol. The number of thiophene rings is 1. The number of benzene rings is 1. The molecule has 2 heterocycles. The van der Waals surface area contributed by atoms with E-state index in [0.29, 0.717) is 28.8 Å². The number of hydrogen-bond donors (Lipinski definition) is 1. The average molecular weight is 345 g/mol. The number of rotatable bonds is 6. The van der Waals surface area contributed by atoms with Crippen LogP contribution in [0.2, 0.25) is 0 Å². The number of nitrogens with one attached hydrogen (secondary N) is 1. The molecule has 1 amide bonds. The molecule has 0 bridgehead atoms. The van der Waals surface area contributed by atoms with Crippen molar-refractivity contribution in [1.29, 1.82) is 0 Å². The van der Waals surface area contributed by atoms with Gasteiger partial charge in [-0.25, -0.2) is 0 Å². The van der Waals surface area contributed by atoms with E-state index >= 15 is 0 Å². The third-order valence-corrected chi connectivity index (χ3v) is 4.12. The van der Waals surface area contributed by atoms with Gasteiger partial charge in [0.1, 0.15) is 0 Å². The van der Waals surface area contributed by atoms with Gasteiger partial charge in [0.2, 0.25) is 11.7 Å². The Morgan fingerprint density at radius 3 is 2.79 bits per heavy atom. The first kappa shape index (κ1) is 16.0. The van der Waals surface area contributed by atoms with Crippen LogP contribution in [0.3, 0.4) is 0 Å². The molecule has 0 fully saturated rings. The molecule has 1 N–H and O–H groups in total. The normalized spacial score (nSPS) is 10.4. The molecule has 0 saturated heterocycles. The van der Waals surface area contributed by atoms with Gasteiger partial charge in [0.25, 0.3) is 5.91 Å². The maximum atomic E-state index is 12.2. The zero-order chi connectivity index (χ0) is 16.9. The summed E-state index contributed by atoms with van der Waals surface area (Å²) in [5, 5.41) is 8.57. The lowest BCUT2D eigenvalue weighted by molar-refractivity contribution is 0.0946. The molecule has 0 aliphatic carbocycles. The third kappa shape index (κ3) is 3.38. The molecule has 3 aromatic rings. The summed E-state index contributed by atoms with van der Waals surface area (Å²) in [6, 6.07) is 8.76. The molecule has 0 aliphatic heterocycles. The topological polar surface area (TPSA) is 86.5 Å². The standard InChI is InChI=1S/C16H15N3O4S/c1-21-11-6-5-10(8-12(11)22-2)16(20)17-9-14-18-15(19-23-14)13-4-3-7-24-13/h3-8H,9H2,1-2H3,(H,17,20). The second-order valence-electron chi connectivity index (χ2n) is 4.74. The van der Waals surface area contributed by atoms with Crippen molar-refractivity contribution in [3.63, 3.8) is 0 Å². The van der Waals surface area contributed by atoms with Crippen molar-refractivity contribution < 1.29 is 18.8 Å². The smallest absolute Gasteiger partial charge is 0.251 e. The van der Waals surface area contributed by atoms with Crippen molar-refractivity contribution in [2.75, 3.05) is 14.2 Å². The molecule has 0 aliphatic rings. The van der Waals surface area contributed by atoms with Crippen LogP contribution in [-0.4, -0.2) is 30.3 Å². The predicted octanol–water partition coefficient (Wildman–Crippen LogP) is 2.75. The fourth-order valence-electron chi connectivity index (χ4n) is 2.07. The van der Waals surface area contributed by atoms with Crippen LogP contribution in [0.1, 0.15) is 16.2 Å². The van der Waals surface area contributed by atoms with Gasteiger partial charge in [0, 0.05) is 5.56 Å². The van der Waals surface area contributed by atoms with Gasteiger partial charge < -0.3 is 19.3 Å². The Morgan fingerprint density at radius 1 is 1.25 bits per heavy atom. The summed E-state index contributed by atoms with van der Waals surface area (Å²) in [6.45, 7) is 0.144. The van der Waals surface area contributed by atoms with Crippen LogP contribution >= 0.6 is 11.3 Å². The van der Waals surface area contributed by atoms with Crippen LogP contribution in [0.25, 0.3) is 10.7 Å². The highest BCUT2D eigenvalue weighted by Gasteiger charge is 2.13. The summed E-state index contributed by atoms with van der Waals surface area (Å²) >= 11 is 1.52. The second-order valence-corrected chi connectivity index (χ2v) is 5.69. The van der Waals surface area contributed by atoms with E-state index in [0.717, 1.165) is 4.88 Å². The Kier molecular flexibility index (Phi) is 4.76. The lowest BCUT2D eigenvalue weighted by atomic mass is 10.2. The van der Waals surface area contributed by atoms with Gasteiger partial charge in [0.15, 0.2) is 11.5 Å². The minimum Gasteiger partial charge on any atom is -0.493 e. The number of nitrogens with zero attached hydrogens (tertiary/aromatic N) is 2. The van der Waals surface area contributed by atoms with Crippen LogP contribution in [-0.2, 0) is 6.54 Å². The molecule has 3 rings (SSSR count). The number of amides is 1. The highest BCUT2D eigenvalue weighted by Crippen LogP contribution is 2.27. The molecule has 8 heteroatoms. The fourth-order valence-corrected chi connectivity index (χ4v) is 2.72. The van der Waals surface area contributed by atoms with E-state index < -0.39 is 0 Å². The van der Waals surface area contributed by atoms with Gasteiger partial charge in [-0.2, -0.15) is 4.98 Å². The molecule has 2 aromatic heterocycles. The lowest BCUT2D eigenvalue weighted by Gasteiger charge is -2.09. The molecule has 24 heavy (non-hydrogen) atoms. The van der Waals surface area contributed by atoms with Crippen molar-refractivity contribution in [3.05, 3.63) is 47.2 Å². The molecule has 1 aromatic carbocycles. The minimum atomic E-state index is -0.271. The van der Waals surface area contributed by atoms with E-state index in [1.807, 2.05) is 17.5 Å². The highest BCUT2D eigenvalue weighted by molar-refractivity contribution is 7.13. The number of methoxy groups -OCH3 is 2. The molecule has 0 atom stereocenters. The van der Waals surface area contributed by atoms with Crippen LogP contribution in [0, 0.1) is 0 Å². The molecule has 124 valence electrons. The van der Waals surface area contributed by atoms with Crippen molar-refractivity contribution in [2.45, 2.75) is 6.54 Å². The fraction of sp³-hybridized carbons (Fsp3) is 0.188. The summed E-state index contributed by atoms with van der Waals surface area (Å²) in [5.41, 5.74) is 0.450. The SMILES string of the molecule is COc1ccc(C(=O)NCc2nc(-c3cccs3)no2)cc1OC. The van der Waals surface area contributed by atoms with E-state index in [9.17, 15) is 4.79 Å². The summed E-state index contributed by atoms with van der Waals surface area (Å²) in [6.07, 6.45) is 0. The minimum absolute atomic E-state index is 0.144. The van der Waals surface area contributed by atoms with Crippen LogP contribution in [0.5, 0.6) is 11.5 Å². The largest absolute Gasteiger partial charge is 0.493 e. The number of ether oxygens (including phenoxy) is 2. The summed E-state index contributed by atoms with van der Waals surface area (Å²) < 4.78 is 15.5. The van der Waals surface area contributed by atoms with Gasteiger partial charge in [0.05, 0.1) is 25.6 Å². The number of carbonyl (C=O) groups excluding carboxylic acids is 1. The molecular formula is C16H15N3O4S. The first-order valence-corrected chi connectivity index (χ1v) is 7.96. The zero-order valence-electron chi connectivity index (χ0n) is 13.1. The summed E-state index contributed by atoms with van der Waals surface area (Å²) in [7, 11) is 3.06. The van der Waals surface area contributed by atoms with Gasteiger partial charge in [-0.3, -0.25) is 4.79 Å². The molecular weight excluding hydrogens is 330 g/mol.